The maximum atomic E-state index is 13.2. The summed E-state index contributed by atoms with van der Waals surface area (Å²) in [6.45, 7) is 4.29. The zero-order valence-electron chi connectivity index (χ0n) is 19.9. The number of hydrogen-bond acceptors (Lipinski definition) is 4. The van der Waals surface area contributed by atoms with Gasteiger partial charge in [-0.2, -0.15) is 5.10 Å². The molecule has 1 N–H and O–H groups in total. The topological polar surface area (TPSA) is 81.1 Å². The second-order valence-electron chi connectivity index (χ2n) is 8.68. The van der Waals surface area contributed by atoms with Crippen LogP contribution in [0.2, 0.25) is 0 Å². The molecule has 0 bridgehead atoms. The third-order valence-electron chi connectivity index (χ3n) is 5.76. The van der Waals surface area contributed by atoms with E-state index in [-0.39, 0.29) is 24.0 Å². The molecule has 35 heavy (non-hydrogen) atoms. The Bertz CT molecular complexity index is 1410. The van der Waals surface area contributed by atoms with Crippen molar-refractivity contribution in [1.82, 2.24) is 15.1 Å². The average Bonchev–Trinajstić information content (AvgIpc) is 3.28. The van der Waals surface area contributed by atoms with Crippen molar-refractivity contribution in [2.75, 3.05) is 12.3 Å². The number of aromatic nitrogens is 2. The van der Waals surface area contributed by atoms with E-state index in [4.69, 9.17) is 5.10 Å². The van der Waals surface area contributed by atoms with Crippen molar-refractivity contribution >= 4 is 15.7 Å². The SMILES string of the molecule is Cc1ccc(-c2nn(-c3ccccc3)cc2C(=O)NCCCS(=O)(=O)Cc2ccccc2)c(C)c1. The van der Waals surface area contributed by atoms with Crippen molar-refractivity contribution in [3.63, 3.8) is 0 Å². The van der Waals surface area contributed by atoms with Gasteiger partial charge in [-0.3, -0.25) is 4.79 Å². The van der Waals surface area contributed by atoms with E-state index in [1.165, 1.54) is 0 Å². The molecule has 0 aliphatic carbocycles. The highest BCUT2D eigenvalue weighted by Crippen LogP contribution is 2.27. The number of carbonyl (C=O) groups excluding carboxylic acids is 1. The van der Waals surface area contributed by atoms with Gasteiger partial charge in [-0.1, -0.05) is 72.3 Å². The van der Waals surface area contributed by atoms with Crippen LogP contribution < -0.4 is 5.32 Å². The monoisotopic (exact) mass is 487 g/mol. The van der Waals surface area contributed by atoms with E-state index in [0.717, 1.165) is 27.9 Å². The molecule has 1 aromatic heterocycles. The highest BCUT2D eigenvalue weighted by Gasteiger charge is 2.20. The number of nitrogens with zero attached hydrogens (tertiary/aromatic N) is 2. The predicted octanol–water partition coefficient (Wildman–Crippen LogP) is 4.89. The Labute approximate surface area is 206 Å². The molecule has 0 radical (unpaired) electrons. The summed E-state index contributed by atoms with van der Waals surface area (Å²) in [4.78, 5) is 13.2. The number of sulfone groups is 1. The zero-order valence-corrected chi connectivity index (χ0v) is 20.8. The number of amides is 1. The van der Waals surface area contributed by atoms with Crippen molar-refractivity contribution in [2.45, 2.75) is 26.0 Å². The van der Waals surface area contributed by atoms with Gasteiger partial charge in [0.2, 0.25) is 0 Å². The molecule has 4 rings (SSSR count). The molecule has 7 heteroatoms. The smallest absolute Gasteiger partial charge is 0.255 e. The molecule has 180 valence electrons. The summed E-state index contributed by atoms with van der Waals surface area (Å²) >= 11 is 0. The van der Waals surface area contributed by atoms with E-state index in [9.17, 15) is 13.2 Å². The lowest BCUT2D eigenvalue weighted by molar-refractivity contribution is 0.0954. The fourth-order valence-corrected chi connectivity index (χ4v) is 5.45. The summed E-state index contributed by atoms with van der Waals surface area (Å²) in [7, 11) is -3.26. The molecule has 0 saturated carbocycles. The first-order chi connectivity index (χ1) is 16.8. The van der Waals surface area contributed by atoms with E-state index >= 15 is 0 Å². The average molecular weight is 488 g/mol. The Morgan fingerprint density at radius 2 is 1.63 bits per heavy atom. The fraction of sp³-hybridized carbons (Fsp3) is 0.214. The lowest BCUT2D eigenvalue weighted by Gasteiger charge is -2.08. The molecule has 0 fully saturated rings. The fourth-order valence-electron chi connectivity index (χ4n) is 4.02. The maximum Gasteiger partial charge on any atom is 0.255 e. The number of nitrogens with one attached hydrogen (secondary N) is 1. The molecular formula is C28H29N3O3S. The first-order valence-electron chi connectivity index (χ1n) is 11.6. The van der Waals surface area contributed by atoms with Gasteiger partial charge in [-0.25, -0.2) is 13.1 Å². The van der Waals surface area contributed by atoms with Crippen molar-refractivity contribution in [3.05, 3.63) is 107 Å². The van der Waals surface area contributed by atoms with Crippen LogP contribution in [0.5, 0.6) is 0 Å². The lowest BCUT2D eigenvalue weighted by atomic mass is 10.0. The van der Waals surface area contributed by atoms with Crippen LogP contribution in [0.1, 0.15) is 33.5 Å². The third kappa shape index (κ3) is 6.25. The first-order valence-corrected chi connectivity index (χ1v) is 13.4. The summed E-state index contributed by atoms with van der Waals surface area (Å²) in [6, 6.07) is 24.8. The van der Waals surface area contributed by atoms with Crippen molar-refractivity contribution < 1.29 is 13.2 Å². The number of hydrogen-bond donors (Lipinski definition) is 1. The van der Waals surface area contributed by atoms with Gasteiger partial charge in [0.15, 0.2) is 9.84 Å². The van der Waals surface area contributed by atoms with Crippen LogP contribution >= 0.6 is 0 Å². The van der Waals surface area contributed by atoms with Crippen LogP contribution in [0.25, 0.3) is 16.9 Å². The van der Waals surface area contributed by atoms with Crippen LogP contribution in [0, 0.1) is 13.8 Å². The Morgan fingerprint density at radius 1 is 0.943 bits per heavy atom. The minimum atomic E-state index is -3.26. The van der Waals surface area contributed by atoms with E-state index < -0.39 is 9.84 Å². The van der Waals surface area contributed by atoms with Gasteiger partial charge < -0.3 is 5.32 Å². The number of aryl methyl sites for hydroxylation is 2. The molecule has 1 amide bonds. The zero-order chi connectivity index (χ0) is 24.8. The molecule has 0 aliphatic rings. The maximum absolute atomic E-state index is 13.2. The van der Waals surface area contributed by atoms with Crippen LogP contribution in [0.15, 0.2) is 85.1 Å². The van der Waals surface area contributed by atoms with Crippen molar-refractivity contribution in [2.24, 2.45) is 0 Å². The van der Waals surface area contributed by atoms with E-state index in [0.29, 0.717) is 17.7 Å². The van der Waals surface area contributed by atoms with Gasteiger partial charge in [0.1, 0.15) is 5.69 Å². The molecule has 0 spiro atoms. The van der Waals surface area contributed by atoms with Gasteiger partial charge >= 0.3 is 0 Å². The molecule has 0 saturated heterocycles. The predicted molar refractivity (Wildman–Crippen MR) is 139 cm³/mol. The lowest BCUT2D eigenvalue weighted by Crippen LogP contribution is -2.26. The molecule has 4 aromatic rings. The second-order valence-corrected chi connectivity index (χ2v) is 10.9. The van der Waals surface area contributed by atoms with Gasteiger partial charge in [0.25, 0.3) is 5.91 Å². The van der Waals surface area contributed by atoms with Crippen LogP contribution in [-0.2, 0) is 15.6 Å². The van der Waals surface area contributed by atoms with Gasteiger partial charge in [0.05, 0.1) is 22.8 Å². The number of rotatable bonds is 9. The standard InChI is InChI=1S/C28H29N3O3S/c1-21-14-15-25(22(2)18-21)27-26(19-31(30-27)24-12-7-4-8-13-24)28(32)29-16-9-17-35(33,34)20-23-10-5-3-6-11-23/h3-8,10-15,18-19H,9,16-17,20H2,1-2H3,(H,29,32). The summed E-state index contributed by atoms with van der Waals surface area (Å²) < 4.78 is 26.6. The summed E-state index contributed by atoms with van der Waals surface area (Å²) in [5.41, 5.74) is 5.72. The van der Waals surface area contributed by atoms with Gasteiger partial charge in [-0.05, 0) is 43.5 Å². The summed E-state index contributed by atoms with van der Waals surface area (Å²) in [5.74, 6) is -0.264. The Morgan fingerprint density at radius 3 is 2.31 bits per heavy atom. The third-order valence-corrected chi connectivity index (χ3v) is 7.45. The second kappa shape index (κ2) is 10.7. The van der Waals surface area contributed by atoms with Crippen LogP contribution in [0.3, 0.4) is 0 Å². The van der Waals surface area contributed by atoms with Crippen molar-refractivity contribution in [3.8, 4) is 16.9 Å². The van der Waals surface area contributed by atoms with Gasteiger partial charge in [-0.15, -0.1) is 0 Å². The summed E-state index contributed by atoms with van der Waals surface area (Å²) in [5, 5.41) is 7.62. The van der Waals surface area contributed by atoms with Crippen molar-refractivity contribution in [1.29, 1.82) is 0 Å². The molecule has 1 heterocycles. The van der Waals surface area contributed by atoms with E-state index in [1.54, 1.807) is 23.0 Å². The Hall–Kier alpha value is -3.71. The van der Waals surface area contributed by atoms with E-state index in [2.05, 4.69) is 11.4 Å². The molecule has 6 nitrogen and oxygen atoms in total. The highest BCUT2D eigenvalue weighted by molar-refractivity contribution is 7.90. The minimum Gasteiger partial charge on any atom is -0.352 e. The van der Waals surface area contributed by atoms with Gasteiger partial charge in [0, 0.05) is 18.3 Å². The first kappa shape index (κ1) is 24.4. The van der Waals surface area contributed by atoms with E-state index in [1.807, 2.05) is 74.5 Å². The number of benzene rings is 3. The Kier molecular flexibility index (Phi) is 7.46. The number of carbonyl (C=O) groups is 1. The molecule has 0 aliphatic heterocycles. The van der Waals surface area contributed by atoms with Crippen LogP contribution in [0.4, 0.5) is 0 Å². The molecule has 0 unspecified atom stereocenters. The molecule has 0 atom stereocenters. The highest BCUT2D eigenvalue weighted by atomic mass is 32.2. The quantitative estimate of drug-likeness (QED) is 0.341. The largest absolute Gasteiger partial charge is 0.352 e. The normalized spacial score (nSPS) is 11.4. The number of para-hydroxylation sites is 1. The summed E-state index contributed by atoms with van der Waals surface area (Å²) in [6.07, 6.45) is 2.07. The van der Waals surface area contributed by atoms with Crippen LogP contribution in [-0.4, -0.2) is 36.4 Å². The molecular weight excluding hydrogens is 458 g/mol. The Balaban J connectivity index is 1.49. The minimum absolute atomic E-state index is 0.00246. The molecule has 3 aromatic carbocycles.